The molecule has 1 aromatic carbocycles. The van der Waals surface area contributed by atoms with Crippen molar-refractivity contribution < 1.29 is 14.3 Å². The summed E-state index contributed by atoms with van der Waals surface area (Å²) in [5.41, 5.74) is 0.412. The van der Waals surface area contributed by atoms with E-state index in [4.69, 9.17) is 4.74 Å². The Balaban J connectivity index is 1.69. The second kappa shape index (κ2) is 10.7. The zero-order chi connectivity index (χ0) is 25.6. The first-order chi connectivity index (χ1) is 16.5. The molecule has 1 heterocycles. The maximum atomic E-state index is 13.3. The number of nitrogens with one attached hydrogen (secondary N) is 2. The largest absolute Gasteiger partial charge is 0.444 e. The molecule has 9 heteroatoms. The van der Waals surface area contributed by atoms with Gasteiger partial charge in [0.1, 0.15) is 17.2 Å². The first kappa shape index (κ1) is 25.9. The summed E-state index contributed by atoms with van der Waals surface area (Å²) in [4.78, 5) is 37.3. The molecule has 0 bridgehead atoms. The minimum atomic E-state index is -1.09. The zero-order valence-electron chi connectivity index (χ0n) is 20.8. The third kappa shape index (κ3) is 6.92. The molecule has 0 unspecified atom stereocenters. The van der Waals surface area contributed by atoms with Gasteiger partial charge in [-0.25, -0.2) is 9.48 Å². The monoisotopic (exact) mass is 479 g/mol. The van der Waals surface area contributed by atoms with Gasteiger partial charge >= 0.3 is 6.09 Å². The lowest BCUT2D eigenvalue weighted by Crippen LogP contribution is -2.61. The molecule has 1 atom stereocenters. The van der Waals surface area contributed by atoms with Crippen LogP contribution >= 0.6 is 0 Å². The molecule has 1 aromatic heterocycles. The number of hydrogen-bond acceptors (Lipinski definition) is 6. The van der Waals surface area contributed by atoms with Crippen LogP contribution in [0.2, 0.25) is 0 Å². The van der Waals surface area contributed by atoms with E-state index in [2.05, 4.69) is 21.8 Å². The second-order valence-electron chi connectivity index (χ2n) is 10.0. The van der Waals surface area contributed by atoms with Crippen LogP contribution in [0.1, 0.15) is 58.4 Å². The Labute approximate surface area is 205 Å². The van der Waals surface area contributed by atoms with Gasteiger partial charge in [-0.15, -0.1) is 0 Å². The number of alkyl carbamates (subject to hydrolysis) is 1. The fourth-order valence-electron chi connectivity index (χ4n) is 4.19. The van der Waals surface area contributed by atoms with Crippen LogP contribution < -0.4 is 16.2 Å². The van der Waals surface area contributed by atoms with E-state index in [-0.39, 0.29) is 11.5 Å². The predicted molar refractivity (Wildman–Crippen MR) is 131 cm³/mol. The lowest BCUT2D eigenvalue weighted by atomic mass is 9.80. The number of aryl methyl sites for hydroxylation is 1. The van der Waals surface area contributed by atoms with Crippen LogP contribution in [-0.2, 0) is 23.0 Å². The summed E-state index contributed by atoms with van der Waals surface area (Å²) in [6, 6.07) is 12.0. The van der Waals surface area contributed by atoms with Crippen molar-refractivity contribution in [2.75, 3.05) is 0 Å². The van der Waals surface area contributed by atoms with Crippen molar-refractivity contribution in [3.63, 3.8) is 0 Å². The Morgan fingerprint density at radius 1 is 1.14 bits per heavy atom. The van der Waals surface area contributed by atoms with Crippen molar-refractivity contribution in [2.45, 2.75) is 76.5 Å². The Morgan fingerprint density at radius 3 is 2.37 bits per heavy atom. The van der Waals surface area contributed by atoms with Crippen molar-refractivity contribution >= 4 is 12.0 Å². The average molecular weight is 480 g/mol. The number of hydrogen-bond donors (Lipinski definition) is 2. The topological polar surface area (TPSA) is 126 Å². The number of aromatic nitrogens is 2. The molecule has 1 aliphatic rings. The van der Waals surface area contributed by atoms with Gasteiger partial charge in [0.2, 0.25) is 5.91 Å². The molecule has 3 rings (SSSR count). The number of nitrogens with zero attached hydrogens (tertiary/aromatic N) is 3. The quantitative estimate of drug-likeness (QED) is 0.655. The predicted octanol–water partition coefficient (Wildman–Crippen LogP) is 3.23. The van der Waals surface area contributed by atoms with Crippen LogP contribution in [0.15, 0.2) is 41.2 Å². The molecule has 1 aliphatic carbocycles. The molecule has 1 saturated carbocycles. The molecule has 0 radical (unpaired) electrons. The van der Waals surface area contributed by atoms with Crippen molar-refractivity contribution in [3.8, 4) is 17.3 Å². The molecule has 186 valence electrons. The molecule has 2 amide bonds. The third-order valence-corrected chi connectivity index (χ3v) is 5.99. The van der Waals surface area contributed by atoms with E-state index in [9.17, 15) is 19.6 Å². The van der Waals surface area contributed by atoms with E-state index in [1.54, 1.807) is 33.9 Å². The number of carbonyl (C=O) groups excluding carboxylic acids is 2. The summed E-state index contributed by atoms with van der Waals surface area (Å²) in [5.74, 6) is -0.361. The Hall–Kier alpha value is -3.67. The van der Waals surface area contributed by atoms with Gasteiger partial charge in [-0.1, -0.05) is 43.5 Å². The molecule has 0 saturated heterocycles. The van der Waals surface area contributed by atoms with Gasteiger partial charge in [-0.05, 0) is 45.2 Å². The molecule has 0 aliphatic heterocycles. The van der Waals surface area contributed by atoms with Crippen molar-refractivity contribution in [1.82, 2.24) is 20.4 Å². The van der Waals surface area contributed by atoms with E-state index >= 15 is 0 Å². The highest BCUT2D eigenvalue weighted by atomic mass is 16.6. The van der Waals surface area contributed by atoms with Crippen molar-refractivity contribution in [3.05, 3.63) is 52.3 Å². The van der Waals surface area contributed by atoms with Crippen molar-refractivity contribution in [1.29, 1.82) is 5.26 Å². The summed E-state index contributed by atoms with van der Waals surface area (Å²) >= 11 is 0. The first-order valence-electron chi connectivity index (χ1n) is 11.9. The molecular formula is C26H33N5O4. The molecule has 9 nitrogen and oxygen atoms in total. The van der Waals surface area contributed by atoms with E-state index in [1.807, 2.05) is 24.3 Å². The number of nitriles is 1. The zero-order valence-corrected chi connectivity index (χ0v) is 20.8. The number of amides is 2. The molecule has 2 N–H and O–H groups in total. The summed E-state index contributed by atoms with van der Waals surface area (Å²) in [5, 5.41) is 19.6. The first-order valence-corrected chi connectivity index (χ1v) is 11.9. The summed E-state index contributed by atoms with van der Waals surface area (Å²) in [6.07, 6.45) is 3.28. The average Bonchev–Trinajstić information content (AvgIpc) is 2.80. The van der Waals surface area contributed by atoms with Gasteiger partial charge in [0.25, 0.3) is 5.56 Å². The lowest BCUT2D eigenvalue weighted by Gasteiger charge is -2.37. The van der Waals surface area contributed by atoms with Crippen molar-refractivity contribution in [2.24, 2.45) is 7.05 Å². The highest BCUT2D eigenvalue weighted by Gasteiger charge is 2.42. The van der Waals surface area contributed by atoms with E-state index < -0.39 is 23.3 Å². The van der Waals surface area contributed by atoms with Gasteiger partial charge in [-0.2, -0.15) is 10.4 Å². The SMILES string of the molecule is Cn1nc(-c2ccc(C[C@@H](C#N)NC(=O)C3(NC(=O)OC(C)(C)C)CCCCC3)cc2)ccc1=O. The minimum Gasteiger partial charge on any atom is -0.444 e. The van der Waals surface area contributed by atoms with Crippen LogP contribution in [0.5, 0.6) is 0 Å². The van der Waals surface area contributed by atoms with Gasteiger partial charge in [0.05, 0.1) is 11.8 Å². The van der Waals surface area contributed by atoms with E-state index in [0.717, 1.165) is 30.4 Å². The third-order valence-electron chi connectivity index (χ3n) is 5.99. The number of benzene rings is 1. The summed E-state index contributed by atoms with van der Waals surface area (Å²) in [7, 11) is 1.59. The Kier molecular flexibility index (Phi) is 7.95. The van der Waals surface area contributed by atoms with Gasteiger partial charge in [0, 0.05) is 25.1 Å². The number of carbonyl (C=O) groups is 2. The van der Waals surface area contributed by atoms with Crippen LogP contribution in [0.25, 0.3) is 11.3 Å². The summed E-state index contributed by atoms with van der Waals surface area (Å²) in [6.45, 7) is 5.31. The maximum absolute atomic E-state index is 13.3. The molecular weight excluding hydrogens is 446 g/mol. The highest BCUT2D eigenvalue weighted by molar-refractivity contribution is 5.90. The Bertz CT molecular complexity index is 1150. The lowest BCUT2D eigenvalue weighted by molar-refractivity contribution is -0.129. The van der Waals surface area contributed by atoms with Crippen LogP contribution in [0.4, 0.5) is 4.79 Å². The number of rotatable bonds is 6. The normalized spacial score (nSPS) is 16.0. The summed E-state index contributed by atoms with van der Waals surface area (Å²) < 4.78 is 6.66. The van der Waals surface area contributed by atoms with Gasteiger partial charge in [0.15, 0.2) is 0 Å². The van der Waals surface area contributed by atoms with Crippen LogP contribution in [0.3, 0.4) is 0 Å². The fourth-order valence-corrected chi connectivity index (χ4v) is 4.19. The Morgan fingerprint density at radius 2 is 1.80 bits per heavy atom. The van der Waals surface area contributed by atoms with Crippen LogP contribution in [-0.4, -0.2) is 39.0 Å². The molecule has 35 heavy (non-hydrogen) atoms. The maximum Gasteiger partial charge on any atom is 0.408 e. The number of ether oxygens (including phenoxy) is 1. The molecule has 1 fully saturated rings. The molecule has 2 aromatic rings. The van der Waals surface area contributed by atoms with Gasteiger partial charge < -0.3 is 15.4 Å². The minimum absolute atomic E-state index is 0.185. The highest BCUT2D eigenvalue weighted by Crippen LogP contribution is 2.29. The van der Waals surface area contributed by atoms with Crippen LogP contribution in [0, 0.1) is 11.3 Å². The standard InChI is InChI=1S/C26H33N5O4/c1-25(2,3)35-24(34)29-26(14-6-5-7-15-26)23(33)28-20(17-27)16-18-8-10-19(11-9-18)21-12-13-22(32)31(4)30-21/h8-13,20H,5-7,14-16H2,1-4H3,(H,28,33)(H,29,34)/t20-/m0/s1. The molecule has 0 spiro atoms. The second-order valence-corrected chi connectivity index (χ2v) is 10.0. The van der Waals surface area contributed by atoms with E-state index in [1.165, 1.54) is 10.7 Å². The van der Waals surface area contributed by atoms with E-state index in [0.29, 0.717) is 25.0 Å². The fraction of sp³-hybridized carbons (Fsp3) is 0.500. The van der Waals surface area contributed by atoms with Gasteiger partial charge in [-0.3, -0.25) is 9.59 Å². The smallest absolute Gasteiger partial charge is 0.408 e.